The lowest BCUT2D eigenvalue weighted by Gasteiger charge is -2.21. The van der Waals surface area contributed by atoms with Crippen LogP contribution in [0, 0.1) is 0 Å². The summed E-state index contributed by atoms with van der Waals surface area (Å²) in [6, 6.07) is 7.76. The fraction of sp³-hybridized carbons (Fsp3) is 0.538. The molecule has 1 aliphatic carbocycles. The Morgan fingerprint density at radius 2 is 1.89 bits per heavy atom. The minimum atomic E-state index is -3.11. The molecule has 1 fully saturated rings. The fourth-order valence-electron chi connectivity index (χ4n) is 1.89. The zero-order valence-electron chi connectivity index (χ0n) is 10.8. The highest BCUT2D eigenvalue weighted by molar-refractivity contribution is 7.89. The van der Waals surface area contributed by atoms with E-state index in [0.717, 1.165) is 24.2 Å². The second-order valence-corrected chi connectivity index (χ2v) is 6.74. The van der Waals surface area contributed by atoms with Crippen molar-refractivity contribution in [2.75, 3.05) is 12.9 Å². The summed E-state index contributed by atoms with van der Waals surface area (Å²) >= 11 is 0. The van der Waals surface area contributed by atoms with Gasteiger partial charge in [-0.25, -0.2) is 8.42 Å². The molecule has 2 rings (SSSR count). The Hall–Kier alpha value is -1.07. The highest BCUT2D eigenvalue weighted by Gasteiger charge is 2.36. The van der Waals surface area contributed by atoms with Gasteiger partial charge >= 0.3 is 0 Å². The van der Waals surface area contributed by atoms with Gasteiger partial charge in [-0.1, -0.05) is 12.1 Å². The number of methoxy groups -OCH3 is 1. The van der Waals surface area contributed by atoms with Crippen LogP contribution in [-0.2, 0) is 16.6 Å². The second-order valence-electron chi connectivity index (χ2n) is 4.53. The quantitative estimate of drug-likeness (QED) is 0.793. The highest BCUT2D eigenvalue weighted by Crippen LogP contribution is 2.31. The Morgan fingerprint density at radius 1 is 1.28 bits per heavy atom. The standard InChI is InChI=1S/C13H19NO3S/c1-3-18(15,16)14(12-6-7-12)10-11-4-8-13(17-2)9-5-11/h4-5,8-9,12H,3,6-7,10H2,1-2H3. The van der Waals surface area contributed by atoms with Crippen molar-refractivity contribution in [2.45, 2.75) is 32.4 Å². The maximum Gasteiger partial charge on any atom is 0.214 e. The zero-order chi connectivity index (χ0) is 13.2. The molecule has 4 nitrogen and oxygen atoms in total. The molecule has 1 aromatic rings. The van der Waals surface area contributed by atoms with Gasteiger partial charge in [0.1, 0.15) is 5.75 Å². The summed E-state index contributed by atoms with van der Waals surface area (Å²) in [6.07, 6.45) is 1.96. The van der Waals surface area contributed by atoms with Crippen LogP contribution in [-0.4, -0.2) is 31.6 Å². The monoisotopic (exact) mass is 269 g/mol. The molecular formula is C13H19NO3S. The van der Waals surface area contributed by atoms with Crippen LogP contribution in [0.1, 0.15) is 25.3 Å². The van der Waals surface area contributed by atoms with Crippen LogP contribution in [0.15, 0.2) is 24.3 Å². The first-order valence-corrected chi connectivity index (χ1v) is 7.80. The lowest BCUT2D eigenvalue weighted by Crippen LogP contribution is -2.33. The van der Waals surface area contributed by atoms with Gasteiger partial charge in [0.05, 0.1) is 12.9 Å². The van der Waals surface area contributed by atoms with Crippen LogP contribution >= 0.6 is 0 Å². The molecule has 0 radical (unpaired) electrons. The smallest absolute Gasteiger partial charge is 0.214 e. The molecule has 5 heteroatoms. The number of benzene rings is 1. The van der Waals surface area contributed by atoms with Gasteiger partial charge in [-0.3, -0.25) is 0 Å². The third-order valence-corrected chi connectivity index (χ3v) is 5.05. The molecule has 0 bridgehead atoms. The molecule has 0 aliphatic heterocycles. The summed E-state index contributed by atoms with van der Waals surface area (Å²) in [4.78, 5) is 0. The predicted molar refractivity (Wildman–Crippen MR) is 71.0 cm³/mol. The first-order chi connectivity index (χ1) is 8.56. The summed E-state index contributed by atoms with van der Waals surface area (Å²) < 4.78 is 30.7. The molecule has 0 atom stereocenters. The molecule has 0 N–H and O–H groups in total. The first-order valence-electron chi connectivity index (χ1n) is 6.19. The summed E-state index contributed by atoms with van der Waals surface area (Å²) in [6.45, 7) is 2.16. The van der Waals surface area contributed by atoms with Crippen molar-refractivity contribution < 1.29 is 13.2 Å². The van der Waals surface area contributed by atoms with Crippen molar-refractivity contribution in [1.29, 1.82) is 0 Å². The van der Waals surface area contributed by atoms with Gasteiger partial charge in [-0.15, -0.1) is 0 Å². The van der Waals surface area contributed by atoms with Crippen LogP contribution in [0.4, 0.5) is 0 Å². The van der Waals surface area contributed by atoms with E-state index in [1.165, 1.54) is 0 Å². The van der Waals surface area contributed by atoms with Crippen LogP contribution in [0.25, 0.3) is 0 Å². The van der Waals surface area contributed by atoms with Crippen molar-refractivity contribution in [3.8, 4) is 5.75 Å². The molecule has 0 amide bonds. The minimum Gasteiger partial charge on any atom is -0.497 e. The van der Waals surface area contributed by atoms with Crippen molar-refractivity contribution in [2.24, 2.45) is 0 Å². The predicted octanol–water partition coefficient (Wildman–Crippen LogP) is 2.01. The molecule has 0 unspecified atom stereocenters. The van der Waals surface area contributed by atoms with Gasteiger partial charge in [0.15, 0.2) is 0 Å². The van der Waals surface area contributed by atoms with E-state index in [4.69, 9.17) is 4.74 Å². The van der Waals surface area contributed by atoms with Gasteiger partial charge in [-0.2, -0.15) is 4.31 Å². The van der Waals surface area contributed by atoms with E-state index in [-0.39, 0.29) is 11.8 Å². The normalized spacial score (nSPS) is 15.9. The third kappa shape index (κ3) is 3.03. The molecule has 0 spiro atoms. The molecule has 1 aliphatic rings. The SMILES string of the molecule is CCS(=O)(=O)N(Cc1ccc(OC)cc1)C1CC1. The number of ether oxygens (including phenoxy) is 1. The zero-order valence-corrected chi connectivity index (χ0v) is 11.6. The number of sulfonamides is 1. The maximum absolute atomic E-state index is 12.0. The Balaban J connectivity index is 2.13. The van der Waals surface area contributed by atoms with Crippen LogP contribution < -0.4 is 4.74 Å². The molecule has 0 saturated heterocycles. The number of hydrogen-bond acceptors (Lipinski definition) is 3. The molecule has 100 valence electrons. The van der Waals surface area contributed by atoms with Gasteiger partial charge in [0.2, 0.25) is 10.0 Å². The molecular weight excluding hydrogens is 250 g/mol. The average Bonchev–Trinajstić information content (AvgIpc) is 3.20. The Labute approximate surface area is 109 Å². The van der Waals surface area contributed by atoms with Crippen LogP contribution in [0.5, 0.6) is 5.75 Å². The van der Waals surface area contributed by atoms with E-state index >= 15 is 0 Å². The summed E-state index contributed by atoms with van der Waals surface area (Å²) in [5.41, 5.74) is 1.000. The van der Waals surface area contributed by atoms with Crippen LogP contribution in [0.3, 0.4) is 0 Å². The lowest BCUT2D eigenvalue weighted by molar-refractivity contribution is 0.398. The summed E-state index contributed by atoms with van der Waals surface area (Å²) in [5.74, 6) is 0.953. The topological polar surface area (TPSA) is 46.6 Å². The first kappa shape index (κ1) is 13.4. The van der Waals surface area contributed by atoms with E-state index in [2.05, 4.69) is 0 Å². The van der Waals surface area contributed by atoms with Gasteiger partial charge < -0.3 is 4.74 Å². The number of hydrogen-bond donors (Lipinski definition) is 0. The highest BCUT2D eigenvalue weighted by atomic mass is 32.2. The molecule has 1 aromatic carbocycles. The summed E-state index contributed by atoms with van der Waals surface area (Å²) in [7, 11) is -1.49. The van der Waals surface area contributed by atoms with Gasteiger partial charge in [0, 0.05) is 12.6 Å². The summed E-state index contributed by atoms with van der Waals surface area (Å²) in [5, 5.41) is 0. The average molecular weight is 269 g/mol. The number of nitrogens with zero attached hydrogens (tertiary/aromatic N) is 1. The third-order valence-electron chi connectivity index (χ3n) is 3.17. The Morgan fingerprint density at radius 3 is 2.33 bits per heavy atom. The molecule has 0 aromatic heterocycles. The lowest BCUT2D eigenvalue weighted by atomic mass is 10.2. The van der Waals surface area contributed by atoms with Crippen molar-refractivity contribution in [1.82, 2.24) is 4.31 Å². The fourth-order valence-corrected chi connectivity index (χ4v) is 3.24. The van der Waals surface area contributed by atoms with E-state index in [1.54, 1.807) is 18.3 Å². The maximum atomic E-state index is 12.0. The van der Waals surface area contributed by atoms with Gasteiger partial charge in [0.25, 0.3) is 0 Å². The van der Waals surface area contributed by atoms with E-state index < -0.39 is 10.0 Å². The molecule has 18 heavy (non-hydrogen) atoms. The number of rotatable bonds is 6. The second kappa shape index (κ2) is 5.28. The largest absolute Gasteiger partial charge is 0.497 e. The van der Waals surface area contributed by atoms with Crippen molar-refractivity contribution in [3.05, 3.63) is 29.8 Å². The van der Waals surface area contributed by atoms with Crippen LogP contribution in [0.2, 0.25) is 0 Å². The van der Waals surface area contributed by atoms with Crippen molar-refractivity contribution in [3.63, 3.8) is 0 Å². The molecule has 0 heterocycles. The molecule has 1 saturated carbocycles. The van der Waals surface area contributed by atoms with E-state index in [9.17, 15) is 8.42 Å². The Bertz CT molecular complexity index is 491. The van der Waals surface area contributed by atoms with E-state index in [0.29, 0.717) is 6.54 Å². The van der Waals surface area contributed by atoms with Gasteiger partial charge in [-0.05, 0) is 37.5 Å². The van der Waals surface area contributed by atoms with E-state index in [1.807, 2.05) is 24.3 Å². The van der Waals surface area contributed by atoms with Crippen molar-refractivity contribution >= 4 is 10.0 Å². The minimum absolute atomic E-state index is 0.166. The Kier molecular flexibility index (Phi) is 3.92.